The number of hydrogen-bond donors (Lipinski definition) is 1. The first kappa shape index (κ1) is 20.4. The van der Waals surface area contributed by atoms with Gasteiger partial charge in [-0.2, -0.15) is 0 Å². The number of carbonyl (C=O) groups is 1. The molecule has 0 bridgehead atoms. The number of benzene rings is 3. The molecule has 32 heavy (non-hydrogen) atoms. The van der Waals surface area contributed by atoms with Gasteiger partial charge in [0.05, 0.1) is 30.0 Å². The Balaban J connectivity index is 1.48. The lowest BCUT2D eigenvalue weighted by molar-refractivity contribution is 0.0342. The van der Waals surface area contributed by atoms with Crippen molar-refractivity contribution in [1.29, 1.82) is 0 Å². The number of fused-ring (bicyclic) bond motifs is 1. The van der Waals surface area contributed by atoms with E-state index in [0.717, 1.165) is 66.3 Å². The third kappa shape index (κ3) is 4.40. The monoisotopic (exact) mass is 423 g/mol. The highest BCUT2D eigenvalue weighted by molar-refractivity contribution is 6.13. The average Bonchev–Trinajstić information content (AvgIpc) is 2.85. The molecule has 0 spiro atoms. The topological polar surface area (TPSA) is 54.5 Å². The summed E-state index contributed by atoms with van der Waals surface area (Å²) in [6, 6.07) is 27.6. The molecule has 2 heterocycles. The molecule has 1 amide bonds. The van der Waals surface area contributed by atoms with Crippen LogP contribution in [0.2, 0.25) is 0 Å². The zero-order chi connectivity index (χ0) is 21.8. The molecule has 1 aromatic heterocycles. The number of amides is 1. The van der Waals surface area contributed by atoms with Crippen molar-refractivity contribution in [2.45, 2.75) is 6.54 Å². The van der Waals surface area contributed by atoms with Crippen LogP contribution in [0.15, 0.2) is 84.9 Å². The van der Waals surface area contributed by atoms with Crippen LogP contribution in [-0.4, -0.2) is 42.1 Å². The summed E-state index contributed by atoms with van der Waals surface area (Å²) < 4.78 is 5.46. The van der Waals surface area contributed by atoms with Crippen LogP contribution in [0, 0.1) is 0 Å². The minimum Gasteiger partial charge on any atom is -0.379 e. The quantitative estimate of drug-likeness (QED) is 0.492. The zero-order valence-corrected chi connectivity index (χ0v) is 17.8. The average molecular weight is 424 g/mol. The molecule has 4 aromatic rings. The number of nitrogens with one attached hydrogen (secondary N) is 1. The lowest BCUT2D eigenvalue weighted by Gasteiger charge is -2.27. The number of hydrogen-bond acceptors (Lipinski definition) is 4. The largest absolute Gasteiger partial charge is 0.379 e. The third-order valence-electron chi connectivity index (χ3n) is 5.79. The zero-order valence-electron chi connectivity index (χ0n) is 17.8. The number of carbonyl (C=O) groups excluding carboxylic acids is 1. The second kappa shape index (κ2) is 9.30. The molecule has 1 saturated heterocycles. The maximum absolute atomic E-state index is 13.5. The highest BCUT2D eigenvalue weighted by Crippen LogP contribution is 2.26. The van der Waals surface area contributed by atoms with Crippen molar-refractivity contribution in [1.82, 2.24) is 9.88 Å². The number of para-hydroxylation sites is 2. The van der Waals surface area contributed by atoms with Crippen molar-refractivity contribution in [2.24, 2.45) is 0 Å². The number of anilines is 1. The lowest BCUT2D eigenvalue weighted by atomic mass is 10.0. The molecule has 3 aromatic carbocycles. The predicted molar refractivity (Wildman–Crippen MR) is 128 cm³/mol. The van der Waals surface area contributed by atoms with Crippen LogP contribution >= 0.6 is 0 Å². The fourth-order valence-electron chi connectivity index (χ4n) is 4.09. The van der Waals surface area contributed by atoms with Gasteiger partial charge in [0.25, 0.3) is 5.91 Å². The second-order valence-corrected chi connectivity index (χ2v) is 7.94. The van der Waals surface area contributed by atoms with E-state index in [1.807, 2.05) is 78.9 Å². The molecule has 1 N–H and O–H groups in total. The number of pyridine rings is 1. The van der Waals surface area contributed by atoms with Gasteiger partial charge >= 0.3 is 0 Å². The Morgan fingerprint density at radius 3 is 2.47 bits per heavy atom. The summed E-state index contributed by atoms with van der Waals surface area (Å²) in [5.41, 5.74) is 5.14. The van der Waals surface area contributed by atoms with Gasteiger partial charge in [-0.3, -0.25) is 9.69 Å². The molecule has 1 fully saturated rings. The summed E-state index contributed by atoms with van der Waals surface area (Å²) in [6.45, 7) is 4.08. The van der Waals surface area contributed by atoms with Gasteiger partial charge in [-0.05, 0) is 23.8 Å². The highest BCUT2D eigenvalue weighted by Gasteiger charge is 2.17. The summed E-state index contributed by atoms with van der Waals surface area (Å²) in [6.07, 6.45) is 0. The van der Waals surface area contributed by atoms with E-state index in [0.29, 0.717) is 5.56 Å². The molecule has 5 rings (SSSR count). The molecule has 5 nitrogen and oxygen atoms in total. The molecule has 5 heteroatoms. The third-order valence-corrected chi connectivity index (χ3v) is 5.79. The first-order valence-electron chi connectivity index (χ1n) is 10.9. The molecule has 0 unspecified atom stereocenters. The maximum Gasteiger partial charge on any atom is 0.256 e. The van der Waals surface area contributed by atoms with Crippen molar-refractivity contribution in [3.63, 3.8) is 0 Å². The van der Waals surface area contributed by atoms with E-state index in [4.69, 9.17) is 9.72 Å². The Morgan fingerprint density at radius 1 is 0.906 bits per heavy atom. The first-order valence-corrected chi connectivity index (χ1v) is 10.9. The SMILES string of the molecule is O=C(Nc1ccccc1CN1CCOCC1)c1cc(-c2ccccc2)nc2ccccc12. The Morgan fingerprint density at radius 2 is 1.62 bits per heavy atom. The number of aromatic nitrogens is 1. The molecule has 0 atom stereocenters. The summed E-state index contributed by atoms with van der Waals surface area (Å²) in [5, 5.41) is 4.01. The van der Waals surface area contributed by atoms with E-state index in [2.05, 4.69) is 16.3 Å². The summed E-state index contributed by atoms with van der Waals surface area (Å²) in [4.78, 5) is 20.6. The minimum absolute atomic E-state index is 0.129. The van der Waals surface area contributed by atoms with E-state index in [1.165, 1.54) is 0 Å². The standard InChI is InChI=1S/C27H25N3O2/c31-27(29-24-12-6-4-10-21(24)19-30-14-16-32-17-15-30)23-18-26(20-8-2-1-3-9-20)28-25-13-7-5-11-22(23)25/h1-13,18H,14-17,19H2,(H,29,31). The van der Waals surface area contributed by atoms with Crippen LogP contribution in [0.5, 0.6) is 0 Å². The van der Waals surface area contributed by atoms with E-state index < -0.39 is 0 Å². The molecular weight excluding hydrogens is 398 g/mol. The molecular formula is C27H25N3O2. The molecule has 160 valence electrons. The summed E-state index contributed by atoms with van der Waals surface area (Å²) >= 11 is 0. The van der Waals surface area contributed by atoms with E-state index in [1.54, 1.807) is 0 Å². The fraction of sp³-hybridized carbons (Fsp3) is 0.185. The van der Waals surface area contributed by atoms with Crippen molar-refractivity contribution in [3.8, 4) is 11.3 Å². The van der Waals surface area contributed by atoms with Crippen molar-refractivity contribution >= 4 is 22.5 Å². The number of nitrogens with zero attached hydrogens (tertiary/aromatic N) is 2. The minimum atomic E-state index is -0.129. The fourth-order valence-corrected chi connectivity index (χ4v) is 4.09. The normalized spacial score (nSPS) is 14.4. The van der Waals surface area contributed by atoms with E-state index >= 15 is 0 Å². The molecule has 1 aliphatic rings. The van der Waals surface area contributed by atoms with Crippen molar-refractivity contribution in [3.05, 3.63) is 96.1 Å². The van der Waals surface area contributed by atoms with Crippen LogP contribution < -0.4 is 5.32 Å². The lowest BCUT2D eigenvalue weighted by Crippen LogP contribution is -2.35. The van der Waals surface area contributed by atoms with Gasteiger partial charge in [0, 0.05) is 36.3 Å². The second-order valence-electron chi connectivity index (χ2n) is 7.94. The molecule has 0 aliphatic carbocycles. The van der Waals surface area contributed by atoms with Gasteiger partial charge < -0.3 is 10.1 Å². The van der Waals surface area contributed by atoms with Crippen molar-refractivity contribution in [2.75, 3.05) is 31.6 Å². The van der Waals surface area contributed by atoms with Gasteiger partial charge in [0.15, 0.2) is 0 Å². The Bertz CT molecular complexity index is 1230. The van der Waals surface area contributed by atoms with E-state index in [-0.39, 0.29) is 5.91 Å². The first-order chi connectivity index (χ1) is 15.8. The number of ether oxygens (including phenoxy) is 1. The smallest absolute Gasteiger partial charge is 0.256 e. The Hall–Kier alpha value is -3.54. The van der Waals surface area contributed by atoms with Crippen LogP contribution in [-0.2, 0) is 11.3 Å². The van der Waals surface area contributed by atoms with Gasteiger partial charge in [-0.15, -0.1) is 0 Å². The number of rotatable bonds is 5. The molecule has 0 radical (unpaired) electrons. The van der Waals surface area contributed by atoms with Crippen LogP contribution in [0.1, 0.15) is 15.9 Å². The van der Waals surface area contributed by atoms with Crippen LogP contribution in [0.3, 0.4) is 0 Å². The summed E-state index contributed by atoms with van der Waals surface area (Å²) in [7, 11) is 0. The number of morpholine rings is 1. The van der Waals surface area contributed by atoms with Gasteiger partial charge in [-0.1, -0.05) is 66.7 Å². The van der Waals surface area contributed by atoms with Crippen molar-refractivity contribution < 1.29 is 9.53 Å². The van der Waals surface area contributed by atoms with Gasteiger partial charge in [-0.25, -0.2) is 4.98 Å². The van der Waals surface area contributed by atoms with Crippen LogP contribution in [0.25, 0.3) is 22.2 Å². The summed E-state index contributed by atoms with van der Waals surface area (Å²) in [5.74, 6) is -0.129. The maximum atomic E-state index is 13.5. The van der Waals surface area contributed by atoms with Crippen LogP contribution in [0.4, 0.5) is 5.69 Å². The Labute approximate surface area is 187 Å². The predicted octanol–water partition coefficient (Wildman–Crippen LogP) is 4.99. The molecule has 1 aliphatic heterocycles. The highest BCUT2D eigenvalue weighted by atomic mass is 16.5. The molecule has 0 saturated carbocycles. The Kier molecular flexibility index (Phi) is 5.92. The van der Waals surface area contributed by atoms with Gasteiger partial charge in [0.2, 0.25) is 0 Å². The van der Waals surface area contributed by atoms with Gasteiger partial charge in [0.1, 0.15) is 0 Å². The van der Waals surface area contributed by atoms with E-state index in [9.17, 15) is 4.79 Å².